The van der Waals surface area contributed by atoms with E-state index in [1.807, 2.05) is 6.92 Å². The van der Waals surface area contributed by atoms with Crippen molar-refractivity contribution in [2.75, 3.05) is 0 Å². The minimum atomic E-state index is -0.433. The molecule has 0 spiro atoms. The number of hydrogen-bond acceptors (Lipinski definition) is 4. The van der Waals surface area contributed by atoms with Gasteiger partial charge in [-0.25, -0.2) is 4.39 Å². The van der Waals surface area contributed by atoms with E-state index in [0.717, 1.165) is 12.8 Å². The van der Waals surface area contributed by atoms with Crippen molar-refractivity contribution in [2.45, 2.75) is 38.6 Å². The van der Waals surface area contributed by atoms with Crippen molar-refractivity contribution >= 4 is 11.6 Å². The third-order valence-electron chi connectivity index (χ3n) is 2.94. The summed E-state index contributed by atoms with van der Waals surface area (Å²) in [5, 5.41) is 3.95. The molecule has 0 saturated carbocycles. The largest absolute Gasteiger partial charge is 0.339 e. The van der Waals surface area contributed by atoms with Crippen LogP contribution in [0.15, 0.2) is 22.7 Å². The Morgan fingerprint density at radius 2 is 2.25 bits per heavy atom. The molecule has 0 saturated heterocycles. The third kappa shape index (κ3) is 4.02. The minimum absolute atomic E-state index is 0.100. The van der Waals surface area contributed by atoms with Crippen molar-refractivity contribution < 1.29 is 8.91 Å². The van der Waals surface area contributed by atoms with Crippen LogP contribution in [0.5, 0.6) is 0 Å². The van der Waals surface area contributed by atoms with Crippen molar-refractivity contribution in [2.24, 2.45) is 5.73 Å². The predicted octanol–water partition coefficient (Wildman–Crippen LogP) is 3.12. The molecule has 0 radical (unpaired) electrons. The van der Waals surface area contributed by atoms with E-state index in [1.54, 1.807) is 12.1 Å². The number of halogens is 2. The summed E-state index contributed by atoms with van der Waals surface area (Å²) in [5.74, 6) is 0.586. The van der Waals surface area contributed by atoms with E-state index in [9.17, 15) is 4.39 Å². The molecule has 1 heterocycles. The number of rotatable bonds is 6. The number of aryl methyl sites for hydroxylation is 1. The van der Waals surface area contributed by atoms with Gasteiger partial charge in [0.2, 0.25) is 5.89 Å². The van der Waals surface area contributed by atoms with Gasteiger partial charge in [-0.2, -0.15) is 4.98 Å². The summed E-state index contributed by atoms with van der Waals surface area (Å²) in [5.41, 5.74) is 6.13. The Balaban J connectivity index is 1.97. The molecule has 0 aliphatic carbocycles. The number of nitrogens with zero attached hydrogens (tertiary/aromatic N) is 2. The van der Waals surface area contributed by atoms with Crippen LogP contribution in [0, 0.1) is 5.82 Å². The van der Waals surface area contributed by atoms with Crippen molar-refractivity contribution in [1.82, 2.24) is 10.1 Å². The molecule has 108 valence electrons. The molecule has 0 bridgehead atoms. The summed E-state index contributed by atoms with van der Waals surface area (Å²) in [6.07, 6.45) is 2.75. The van der Waals surface area contributed by atoms with Gasteiger partial charge >= 0.3 is 0 Å². The Labute approximate surface area is 122 Å². The van der Waals surface area contributed by atoms with Crippen LogP contribution in [0.4, 0.5) is 4.39 Å². The number of aromatic nitrogens is 2. The van der Waals surface area contributed by atoms with Crippen LogP contribution in [-0.4, -0.2) is 16.2 Å². The van der Waals surface area contributed by atoms with E-state index in [4.69, 9.17) is 21.9 Å². The summed E-state index contributed by atoms with van der Waals surface area (Å²) in [4.78, 5) is 4.24. The number of hydrogen-bond donors (Lipinski definition) is 1. The lowest BCUT2D eigenvalue weighted by molar-refractivity contribution is 0.368. The van der Waals surface area contributed by atoms with E-state index in [-0.39, 0.29) is 17.5 Å². The van der Waals surface area contributed by atoms with E-state index < -0.39 is 5.82 Å². The highest BCUT2D eigenvalue weighted by Gasteiger charge is 2.11. The molecule has 20 heavy (non-hydrogen) atoms. The fourth-order valence-corrected chi connectivity index (χ4v) is 2.09. The van der Waals surface area contributed by atoms with Gasteiger partial charge < -0.3 is 10.3 Å². The van der Waals surface area contributed by atoms with Gasteiger partial charge in [-0.15, -0.1) is 0 Å². The SMILES string of the molecule is CC(N)CCCc1nc(Cc2cccc(Cl)c2F)no1. The van der Waals surface area contributed by atoms with Crippen molar-refractivity contribution in [3.8, 4) is 0 Å². The Kier molecular flexibility index (Phi) is 5.09. The molecule has 0 aliphatic rings. The maximum absolute atomic E-state index is 13.8. The average molecular weight is 298 g/mol. The molecule has 2 aromatic rings. The first-order valence-electron chi connectivity index (χ1n) is 6.56. The highest BCUT2D eigenvalue weighted by Crippen LogP contribution is 2.19. The average Bonchev–Trinajstić information content (AvgIpc) is 2.82. The summed E-state index contributed by atoms with van der Waals surface area (Å²) in [7, 11) is 0. The Bertz CT molecular complexity index is 571. The van der Waals surface area contributed by atoms with E-state index in [0.29, 0.717) is 23.7 Å². The standard InChI is InChI=1S/C14H17ClFN3O/c1-9(17)4-2-7-13-18-12(19-20-13)8-10-5-3-6-11(15)14(10)16/h3,5-6,9H,2,4,7-8,17H2,1H3. The van der Waals surface area contributed by atoms with E-state index in [1.165, 1.54) is 6.07 Å². The van der Waals surface area contributed by atoms with Crippen LogP contribution in [-0.2, 0) is 12.8 Å². The summed E-state index contributed by atoms with van der Waals surface area (Å²) >= 11 is 5.73. The lowest BCUT2D eigenvalue weighted by Crippen LogP contribution is -2.14. The van der Waals surface area contributed by atoms with Crippen LogP contribution < -0.4 is 5.73 Å². The monoisotopic (exact) mass is 297 g/mol. The van der Waals surface area contributed by atoms with Crippen LogP contribution in [0.3, 0.4) is 0 Å². The Hall–Kier alpha value is -1.46. The zero-order valence-electron chi connectivity index (χ0n) is 11.3. The molecular formula is C14H17ClFN3O. The maximum atomic E-state index is 13.8. The van der Waals surface area contributed by atoms with Crippen LogP contribution in [0.25, 0.3) is 0 Å². The van der Waals surface area contributed by atoms with Gasteiger partial charge in [-0.1, -0.05) is 28.9 Å². The molecule has 1 unspecified atom stereocenters. The summed E-state index contributed by atoms with van der Waals surface area (Å²) < 4.78 is 18.9. The third-order valence-corrected chi connectivity index (χ3v) is 3.23. The Morgan fingerprint density at radius 3 is 3.00 bits per heavy atom. The first kappa shape index (κ1) is 14.9. The van der Waals surface area contributed by atoms with Gasteiger partial charge in [-0.05, 0) is 31.4 Å². The zero-order chi connectivity index (χ0) is 14.5. The fourth-order valence-electron chi connectivity index (χ4n) is 1.89. The van der Waals surface area contributed by atoms with E-state index >= 15 is 0 Å². The smallest absolute Gasteiger partial charge is 0.226 e. The van der Waals surface area contributed by atoms with Gasteiger partial charge in [-0.3, -0.25) is 0 Å². The Morgan fingerprint density at radius 1 is 1.45 bits per heavy atom. The van der Waals surface area contributed by atoms with Crippen molar-refractivity contribution in [3.63, 3.8) is 0 Å². The van der Waals surface area contributed by atoms with Crippen LogP contribution in [0.1, 0.15) is 37.0 Å². The van der Waals surface area contributed by atoms with Gasteiger partial charge in [0.25, 0.3) is 0 Å². The van der Waals surface area contributed by atoms with Gasteiger partial charge in [0.15, 0.2) is 5.82 Å². The molecule has 2 rings (SSSR count). The summed E-state index contributed by atoms with van der Waals surface area (Å²) in [6.45, 7) is 1.96. The molecule has 1 aromatic carbocycles. The normalized spacial score (nSPS) is 12.6. The molecule has 0 fully saturated rings. The van der Waals surface area contributed by atoms with Gasteiger partial charge in [0.1, 0.15) is 5.82 Å². The summed E-state index contributed by atoms with van der Waals surface area (Å²) in [6, 6.07) is 5.03. The fraction of sp³-hybridized carbons (Fsp3) is 0.429. The first-order valence-corrected chi connectivity index (χ1v) is 6.94. The minimum Gasteiger partial charge on any atom is -0.339 e. The topological polar surface area (TPSA) is 64.9 Å². The molecule has 0 aliphatic heterocycles. The lowest BCUT2D eigenvalue weighted by atomic mass is 10.1. The molecule has 0 amide bonds. The highest BCUT2D eigenvalue weighted by molar-refractivity contribution is 6.30. The zero-order valence-corrected chi connectivity index (χ0v) is 12.0. The van der Waals surface area contributed by atoms with Crippen molar-refractivity contribution in [3.05, 3.63) is 46.3 Å². The molecule has 2 N–H and O–H groups in total. The molecular weight excluding hydrogens is 281 g/mol. The maximum Gasteiger partial charge on any atom is 0.226 e. The highest BCUT2D eigenvalue weighted by atomic mass is 35.5. The predicted molar refractivity (Wildman–Crippen MR) is 75.1 cm³/mol. The molecule has 1 aromatic heterocycles. The quantitative estimate of drug-likeness (QED) is 0.889. The van der Waals surface area contributed by atoms with E-state index in [2.05, 4.69) is 10.1 Å². The van der Waals surface area contributed by atoms with Crippen molar-refractivity contribution in [1.29, 1.82) is 0 Å². The van der Waals surface area contributed by atoms with Gasteiger partial charge in [0, 0.05) is 18.9 Å². The van der Waals surface area contributed by atoms with Crippen LogP contribution in [0.2, 0.25) is 5.02 Å². The molecule has 6 heteroatoms. The number of benzene rings is 1. The second-order valence-corrected chi connectivity index (χ2v) is 5.27. The lowest BCUT2D eigenvalue weighted by Gasteiger charge is -2.01. The number of nitrogens with two attached hydrogens (primary N) is 1. The first-order chi connectivity index (χ1) is 9.56. The van der Waals surface area contributed by atoms with Crippen LogP contribution >= 0.6 is 11.6 Å². The molecule has 4 nitrogen and oxygen atoms in total. The second kappa shape index (κ2) is 6.81. The second-order valence-electron chi connectivity index (χ2n) is 4.86. The molecule has 1 atom stereocenters. The van der Waals surface area contributed by atoms with Gasteiger partial charge in [0.05, 0.1) is 5.02 Å².